The van der Waals surface area contributed by atoms with E-state index in [-0.39, 0.29) is 11.9 Å². The molecule has 1 N–H and O–H groups in total. The molecular formula is C11H24N2O. The van der Waals surface area contributed by atoms with Gasteiger partial charge in [-0.05, 0) is 19.4 Å². The van der Waals surface area contributed by atoms with Gasteiger partial charge in [-0.15, -0.1) is 0 Å². The van der Waals surface area contributed by atoms with Crippen molar-refractivity contribution in [1.29, 1.82) is 0 Å². The molecule has 0 saturated heterocycles. The smallest absolute Gasteiger partial charge is 0.238 e. The summed E-state index contributed by atoms with van der Waals surface area (Å²) in [4.78, 5) is 13.1. The number of hydrogen-bond acceptors (Lipinski definition) is 2. The summed E-state index contributed by atoms with van der Waals surface area (Å²) in [6.45, 7) is 7.24. The van der Waals surface area contributed by atoms with Crippen LogP contribution in [0.1, 0.15) is 33.6 Å². The van der Waals surface area contributed by atoms with Gasteiger partial charge in [0.1, 0.15) is 0 Å². The third-order valence-corrected chi connectivity index (χ3v) is 2.68. The molecule has 0 aromatic heterocycles. The molecule has 0 bridgehead atoms. The molecule has 0 aromatic carbocycles. The van der Waals surface area contributed by atoms with E-state index >= 15 is 0 Å². The lowest BCUT2D eigenvalue weighted by atomic mass is 10.0. The second kappa shape index (κ2) is 6.82. The first-order valence-electron chi connectivity index (χ1n) is 5.47. The molecule has 0 unspecified atom stereocenters. The van der Waals surface area contributed by atoms with Crippen LogP contribution in [0.2, 0.25) is 0 Å². The van der Waals surface area contributed by atoms with Crippen molar-refractivity contribution >= 4 is 5.91 Å². The number of amides is 1. The first-order chi connectivity index (χ1) is 6.52. The van der Waals surface area contributed by atoms with Gasteiger partial charge in [0.2, 0.25) is 5.91 Å². The van der Waals surface area contributed by atoms with E-state index in [1.54, 1.807) is 19.0 Å². The van der Waals surface area contributed by atoms with Gasteiger partial charge in [-0.1, -0.05) is 26.7 Å². The fourth-order valence-electron chi connectivity index (χ4n) is 1.40. The molecule has 0 saturated carbocycles. The van der Waals surface area contributed by atoms with Crippen molar-refractivity contribution in [2.45, 2.75) is 39.7 Å². The highest BCUT2D eigenvalue weighted by Crippen LogP contribution is 2.05. The summed E-state index contributed by atoms with van der Waals surface area (Å²) in [5, 5.41) is 3.27. The first-order valence-corrected chi connectivity index (χ1v) is 5.47. The molecule has 3 nitrogen and oxygen atoms in total. The minimum absolute atomic E-state index is 0.0643. The molecule has 3 heteroatoms. The zero-order valence-corrected chi connectivity index (χ0v) is 10.1. The maximum atomic E-state index is 11.5. The predicted octanol–water partition coefficient (Wildman–Crippen LogP) is 1.49. The molecule has 14 heavy (non-hydrogen) atoms. The summed E-state index contributed by atoms with van der Waals surface area (Å²) in [5.74, 6) is 0.836. The van der Waals surface area contributed by atoms with Crippen LogP contribution in [-0.4, -0.2) is 37.5 Å². The van der Waals surface area contributed by atoms with E-state index < -0.39 is 0 Å². The molecule has 0 aliphatic heterocycles. The standard InChI is InChI=1S/C11H24N2O/c1-6-10(7-2)8-12-9(3)11(14)13(4)5/h9-10,12H,6-8H2,1-5H3/t9-/m1/s1. The van der Waals surface area contributed by atoms with Crippen LogP contribution in [0.25, 0.3) is 0 Å². The summed E-state index contributed by atoms with van der Waals surface area (Å²) in [6, 6.07) is -0.0643. The number of hydrogen-bond donors (Lipinski definition) is 1. The van der Waals surface area contributed by atoms with Crippen LogP contribution in [0.5, 0.6) is 0 Å². The monoisotopic (exact) mass is 200 g/mol. The molecule has 1 atom stereocenters. The quantitative estimate of drug-likeness (QED) is 0.704. The first kappa shape index (κ1) is 13.4. The van der Waals surface area contributed by atoms with Crippen molar-refractivity contribution < 1.29 is 4.79 Å². The van der Waals surface area contributed by atoms with Gasteiger partial charge in [0, 0.05) is 14.1 Å². The largest absolute Gasteiger partial charge is 0.347 e. The molecule has 0 fully saturated rings. The van der Waals surface area contributed by atoms with Crippen molar-refractivity contribution in [3.63, 3.8) is 0 Å². The summed E-state index contributed by atoms with van der Waals surface area (Å²) < 4.78 is 0. The van der Waals surface area contributed by atoms with Gasteiger partial charge in [0.15, 0.2) is 0 Å². The Morgan fingerprint density at radius 2 is 1.79 bits per heavy atom. The highest BCUT2D eigenvalue weighted by molar-refractivity contribution is 5.80. The molecule has 0 radical (unpaired) electrons. The van der Waals surface area contributed by atoms with E-state index in [0.717, 1.165) is 6.54 Å². The minimum atomic E-state index is -0.0643. The molecule has 0 spiro atoms. The average Bonchev–Trinajstić information content (AvgIpc) is 2.17. The van der Waals surface area contributed by atoms with Crippen LogP contribution in [-0.2, 0) is 4.79 Å². The van der Waals surface area contributed by atoms with Gasteiger partial charge in [0.25, 0.3) is 0 Å². The molecule has 0 rings (SSSR count). The van der Waals surface area contributed by atoms with Crippen LogP contribution in [0.15, 0.2) is 0 Å². The number of likely N-dealkylation sites (N-methyl/N-ethyl adjacent to an activating group) is 1. The Kier molecular flexibility index (Phi) is 6.54. The fraction of sp³-hybridized carbons (Fsp3) is 0.909. The highest BCUT2D eigenvalue weighted by atomic mass is 16.2. The van der Waals surface area contributed by atoms with Crippen molar-refractivity contribution in [2.75, 3.05) is 20.6 Å². The van der Waals surface area contributed by atoms with Crippen LogP contribution in [0, 0.1) is 5.92 Å². The SMILES string of the molecule is CCC(CC)CN[C@H](C)C(=O)N(C)C. The van der Waals surface area contributed by atoms with Crippen molar-refractivity contribution in [1.82, 2.24) is 10.2 Å². The zero-order valence-electron chi connectivity index (χ0n) is 10.1. The Hall–Kier alpha value is -0.570. The predicted molar refractivity (Wildman–Crippen MR) is 60.2 cm³/mol. The van der Waals surface area contributed by atoms with E-state index in [2.05, 4.69) is 19.2 Å². The molecule has 0 aromatic rings. The second-order valence-electron chi connectivity index (χ2n) is 4.05. The lowest BCUT2D eigenvalue weighted by Gasteiger charge is -2.20. The summed E-state index contributed by atoms with van der Waals surface area (Å²) >= 11 is 0. The lowest BCUT2D eigenvalue weighted by Crippen LogP contribution is -2.43. The molecule has 84 valence electrons. The second-order valence-corrected chi connectivity index (χ2v) is 4.05. The molecule has 0 heterocycles. The van der Waals surface area contributed by atoms with Crippen LogP contribution in [0.4, 0.5) is 0 Å². The van der Waals surface area contributed by atoms with E-state index in [4.69, 9.17) is 0 Å². The summed E-state index contributed by atoms with van der Waals surface area (Å²) in [5.41, 5.74) is 0. The van der Waals surface area contributed by atoms with Crippen LogP contribution < -0.4 is 5.32 Å². The third kappa shape index (κ3) is 4.61. The van der Waals surface area contributed by atoms with E-state index in [0.29, 0.717) is 5.92 Å². The number of carbonyl (C=O) groups is 1. The van der Waals surface area contributed by atoms with Gasteiger partial charge < -0.3 is 10.2 Å². The Morgan fingerprint density at radius 3 is 2.14 bits per heavy atom. The highest BCUT2D eigenvalue weighted by Gasteiger charge is 2.14. The van der Waals surface area contributed by atoms with E-state index in [1.807, 2.05) is 6.92 Å². The zero-order chi connectivity index (χ0) is 11.1. The van der Waals surface area contributed by atoms with Gasteiger partial charge in [-0.2, -0.15) is 0 Å². The fourth-order valence-corrected chi connectivity index (χ4v) is 1.40. The van der Waals surface area contributed by atoms with E-state index in [1.165, 1.54) is 12.8 Å². The van der Waals surface area contributed by atoms with Crippen molar-refractivity contribution in [3.05, 3.63) is 0 Å². The Labute approximate surface area is 87.9 Å². The lowest BCUT2D eigenvalue weighted by molar-refractivity contribution is -0.130. The number of nitrogens with one attached hydrogen (secondary N) is 1. The van der Waals surface area contributed by atoms with Crippen molar-refractivity contribution in [3.8, 4) is 0 Å². The third-order valence-electron chi connectivity index (χ3n) is 2.68. The summed E-state index contributed by atoms with van der Waals surface area (Å²) in [7, 11) is 3.58. The number of rotatable bonds is 6. The molecule has 1 amide bonds. The van der Waals surface area contributed by atoms with E-state index in [9.17, 15) is 4.79 Å². The number of carbonyl (C=O) groups excluding carboxylic acids is 1. The number of nitrogens with zero attached hydrogens (tertiary/aromatic N) is 1. The molecular weight excluding hydrogens is 176 g/mol. The Morgan fingerprint density at radius 1 is 1.29 bits per heavy atom. The van der Waals surface area contributed by atoms with Gasteiger partial charge in [-0.25, -0.2) is 0 Å². The summed E-state index contributed by atoms with van der Waals surface area (Å²) in [6.07, 6.45) is 2.35. The molecule has 0 aliphatic carbocycles. The van der Waals surface area contributed by atoms with Crippen molar-refractivity contribution in [2.24, 2.45) is 5.92 Å². The Bertz CT molecular complexity index is 165. The maximum Gasteiger partial charge on any atom is 0.238 e. The minimum Gasteiger partial charge on any atom is -0.347 e. The van der Waals surface area contributed by atoms with Crippen LogP contribution in [0.3, 0.4) is 0 Å². The Balaban J connectivity index is 3.83. The normalized spacial score (nSPS) is 13.0. The van der Waals surface area contributed by atoms with Gasteiger partial charge >= 0.3 is 0 Å². The maximum absolute atomic E-state index is 11.5. The topological polar surface area (TPSA) is 32.3 Å². The van der Waals surface area contributed by atoms with Gasteiger partial charge in [-0.3, -0.25) is 4.79 Å². The van der Waals surface area contributed by atoms with Crippen LogP contribution >= 0.6 is 0 Å². The molecule has 0 aliphatic rings. The van der Waals surface area contributed by atoms with Gasteiger partial charge in [0.05, 0.1) is 6.04 Å². The average molecular weight is 200 g/mol.